The molecule has 0 radical (unpaired) electrons. The van der Waals surface area contributed by atoms with Gasteiger partial charge in [-0.05, 0) is 17.7 Å². The molecule has 6 nitrogen and oxygen atoms in total. The summed E-state index contributed by atoms with van der Waals surface area (Å²) in [6.07, 6.45) is 1.62. The second-order valence-corrected chi connectivity index (χ2v) is 7.11. The summed E-state index contributed by atoms with van der Waals surface area (Å²) in [6.45, 7) is 6.20. The molecule has 3 aromatic rings. The van der Waals surface area contributed by atoms with Gasteiger partial charge < -0.3 is 8.94 Å². The van der Waals surface area contributed by atoms with Crippen molar-refractivity contribution >= 4 is 11.8 Å². The number of anilines is 1. The zero-order chi connectivity index (χ0) is 18.6. The number of hydrogen-bond acceptors (Lipinski definition) is 5. The second kappa shape index (κ2) is 7.58. The van der Waals surface area contributed by atoms with Gasteiger partial charge in [-0.2, -0.15) is 0 Å². The van der Waals surface area contributed by atoms with Gasteiger partial charge in [0.25, 0.3) is 0 Å². The molecule has 26 heavy (non-hydrogen) atoms. The van der Waals surface area contributed by atoms with Crippen LogP contribution in [0.1, 0.15) is 43.8 Å². The molecule has 0 fully saturated rings. The first kappa shape index (κ1) is 17.9. The van der Waals surface area contributed by atoms with Crippen LogP contribution in [0.15, 0.2) is 63.7 Å². The quantitative estimate of drug-likeness (QED) is 0.703. The molecule has 2 aromatic heterocycles. The Morgan fingerprint density at radius 2 is 1.92 bits per heavy atom. The van der Waals surface area contributed by atoms with Gasteiger partial charge in [0.05, 0.1) is 24.5 Å². The van der Waals surface area contributed by atoms with Crippen LogP contribution in [0.4, 0.5) is 5.88 Å². The second-order valence-electron chi connectivity index (χ2n) is 7.11. The van der Waals surface area contributed by atoms with Crippen LogP contribution >= 0.6 is 0 Å². The van der Waals surface area contributed by atoms with E-state index in [-0.39, 0.29) is 23.9 Å². The molecule has 0 aliphatic carbocycles. The molecule has 2 N–H and O–H groups in total. The van der Waals surface area contributed by atoms with Crippen molar-refractivity contribution in [2.24, 2.45) is 0 Å². The average Bonchev–Trinajstić information content (AvgIpc) is 3.27. The van der Waals surface area contributed by atoms with E-state index in [2.05, 4.69) is 15.8 Å². The monoisotopic (exact) mass is 353 g/mol. The SMILES string of the molecule is CC(C)(C)c1cc(NC(=O)CN[C@H](c2ccccc2)c2ccco2)on1. The van der Waals surface area contributed by atoms with Crippen molar-refractivity contribution in [3.05, 3.63) is 71.8 Å². The Kier molecular flexibility index (Phi) is 5.23. The van der Waals surface area contributed by atoms with Crippen LogP contribution in [-0.2, 0) is 10.2 Å². The Morgan fingerprint density at radius 3 is 2.54 bits per heavy atom. The summed E-state index contributed by atoms with van der Waals surface area (Å²) in [6, 6.07) is 15.1. The van der Waals surface area contributed by atoms with E-state index in [0.29, 0.717) is 5.88 Å². The summed E-state index contributed by atoms with van der Waals surface area (Å²) in [5.41, 5.74) is 1.67. The molecule has 6 heteroatoms. The minimum atomic E-state index is -0.214. The Hall–Kier alpha value is -2.86. The lowest BCUT2D eigenvalue weighted by molar-refractivity contribution is -0.115. The lowest BCUT2D eigenvalue weighted by Gasteiger charge is -2.16. The molecule has 2 heterocycles. The van der Waals surface area contributed by atoms with Crippen LogP contribution in [0.25, 0.3) is 0 Å². The van der Waals surface area contributed by atoms with E-state index >= 15 is 0 Å². The molecule has 0 unspecified atom stereocenters. The first-order valence-corrected chi connectivity index (χ1v) is 8.52. The smallest absolute Gasteiger partial charge is 0.240 e. The van der Waals surface area contributed by atoms with Crippen molar-refractivity contribution < 1.29 is 13.7 Å². The van der Waals surface area contributed by atoms with E-state index in [1.165, 1.54) is 0 Å². The highest BCUT2D eigenvalue weighted by Gasteiger charge is 2.21. The molecule has 3 rings (SSSR count). The molecular formula is C20H23N3O3. The topological polar surface area (TPSA) is 80.3 Å². The van der Waals surface area contributed by atoms with Gasteiger partial charge in [-0.3, -0.25) is 15.4 Å². The number of nitrogens with one attached hydrogen (secondary N) is 2. The maximum absolute atomic E-state index is 12.3. The fraction of sp³-hybridized carbons (Fsp3) is 0.300. The van der Waals surface area contributed by atoms with Gasteiger partial charge in [0.2, 0.25) is 11.8 Å². The van der Waals surface area contributed by atoms with Gasteiger partial charge in [0.15, 0.2) is 0 Å². The molecule has 136 valence electrons. The van der Waals surface area contributed by atoms with Crippen molar-refractivity contribution in [1.82, 2.24) is 10.5 Å². The lowest BCUT2D eigenvalue weighted by Crippen LogP contribution is -2.31. The standard InChI is InChI=1S/C20H23N3O3/c1-20(2,3)16-12-18(26-23-16)22-17(24)13-21-19(15-10-7-11-25-15)14-8-5-4-6-9-14/h4-12,19,21H,13H2,1-3H3,(H,22,24)/t19-/m1/s1. The highest BCUT2D eigenvalue weighted by atomic mass is 16.5. The molecule has 0 bridgehead atoms. The van der Waals surface area contributed by atoms with Gasteiger partial charge in [-0.25, -0.2) is 0 Å². The third-order valence-electron chi connectivity index (χ3n) is 3.97. The minimum absolute atomic E-state index is 0.103. The highest BCUT2D eigenvalue weighted by molar-refractivity contribution is 5.91. The normalized spacial score (nSPS) is 12.7. The van der Waals surface area contributed by atoms with E-state index in [0.717, 1.165) is 17.0 Å². The molecule has 0 saturated carbocycles. The number of benzene rings is 1. The van der Waals surface area contributed by atoms with Gasteiger partial charge >= 0.3 is 0 Å². The summed E-state index contributed by atoms with van der Waals surface area (Å²) in [4.78, 5) is 12.3. The number of amides is 1. The van der Waals surface area contributed by atoms with E-state index < -0.39 is 0 Å². The molecule has 1 aromatic carbocycles. The van der Waals surface area contributed by atoms with Crippen LogP contribution in [0, 0.1) is 0 Å². The summed E-state index contributed by atoms with van der Waals surface area (Å²) >= 11 is 0. The lowest BCUT2D eigenvalue weighted by atomic mass is 9.92. The van der Waals surface area contributed by atoms with Crippen LogP contribution in [0.5, 0.6) is 0 Å². The van der Waals surface area contributed by atoms with Crippen LogP contribution in [-0.4, -0.2) is 17.6 Å². The van der Waals surface area contributed by atoms with E-state index in [1.54, 1.807) is 12.3 Å². The predicted octanol–water partition coefficient (Wildman–Crippen LogP) is 3.88. The Bertz CT molecular complexity index is 833. The van der Waals surface area contributed by atoms with Gasteiger partial charge in [0, 0.05) is 11.5 Å². The zero-order valence-electron chi connectivity index (χ0n) is 15.2. The van der Waals surface area contributed by atoms with Crippen molar-refractivity contribution in [2.75, 3.05) is 11.9 Å². The first-order chi connectivity index (χ1) is 12.4. The predicted molar refractivity (Wildman–Crippen MR) is 98.8 cm³/mol. The van der Waals surface area contributed by atoms with Crippen molar-refractivity contribution in [2.45, 2.75) is 32.2 Å². The molecule has 0 aliphatic rings. The molecule has 0 spiro atoms. The van der Waals surface area contributed by atoms with Crippen molar-refractivity contribution in [3.63, 3.8) is 0 Å². The summed E-state index contributed by atoms with van der Waals surface area (Å²) in [5.74, 6) is 0.878. The van der Waals surface area contributed by atoms with Crippen molar-refractivity contribution in [1.29, 1.82) is 0 Å². The third kappa shape index (κ3) is 4.40. The number of furan rings is 1. The summed E-state index contributed by atoms with van der Waals surface area (Å²) in [5, 5.41) is 9.95. The fourth-order valence-electron chi connectivity index (χ4n) is 2.55. The molecule has 1 amide bonds. The number of hydrogen-bond donors (Lipinski definition) is 2. The highest BCUT2D eigenvalue weighted by Crippen LogP contribution is 2.24. The number of carbonyl (C=O) groups excluding carboxylic acids is 1. The van der Waals surface area contributed by atoms with Gasteiger partial charge in [-0.1, -0.05) is 56.3 Å². The summed E-state index contributed by atoms with van der Waals surface area (Å²) in [7, 11) is 0. The third-order valence-corrected chi connectivity index (χ3v) is 3.97. The molecule has 0 aliphatic heterocycles. The largest absolute Gasteiger partial charge is 0.467 e. The Labute approximate surface area is 152 Å². The van der Waals surface area contributed by atoms with E-state index in [4.69, 9.17) is 8.94 Å². The van der Waals surface area contributed by atoms with Crippen LogP contribution in [0.3, 0.4) is 0 Å². The number of aromatic nitrogens is 1. The van der Waals surface area contributed by atoms with Crippen LogP contribution < -0.4 is 10.6 Å². The minimum Gasteiger partial charge on any atom is -0.467 e. The summed E-state index contributed by atoms with van der Waals surface area (Å²) < 4.78 is 10.7. The van der Waals surface area contributed by atoms with E-state index in [1.807, 2.05) is 63.2 Å². The Balaban J connectivity index is 1.64. The van der Waals surface area contributed by atoms with Gasteiger partial charge in [-0.15, -0.1) is 0 Å². The molecule has 1 atom stereocenters. The first-order valence-electron chi connectivity index (χ1n) is 8.52. The average molecular weight is 353 g/mol. The van der Waals surface area contributed by atoms with Crippen molar-refractivity contribution in [3.8, 4) is 0 Å². The number of nitrogens with zero attached hydrogens (tertiary/aromatic N) is 1. The fourth-order valence-corrected chi connectivity index (χ4v) is 2.55. The number of carbonyl (C=O) groups is 1. The van der Waals surface area contributed by atoms with Gasteiger partial charge in [0.1, 0.15) is 5.76 Å². The van der Waals surface area contributed by atoms with E-state index in [9.17, 15) is 4.79 Å². The van der Waals surface area contributed by atoms with Crippen LogP contribution in [0.2, 0.25) is 0 Å². The number of rotatable bonds is 6. The zero-order valence-corrected chi connectivity index (χ0v) is 15.2. The maximum Gasteiger partial charge on any atom is 0.240 e. The molecule has 0 saturated heterocycles. The Morgan fingerprint density at radius 1 is 1.15 bits per heavy atom. The molecular weight excluding hydrogens is 330 g/mol. The maximum atomic E-state index is 12.3.